The summed E-state index contributed by atoms with van der Waals surface area (Å²) in [5, 5.41) is 9.21. The Hall–Kier alpha value is -1.28. The molecular formula is C17H25NO. The maximum Gasteiger partial charge on any atom is 0.0863 e. The molecule has 0 saturated carbocycles. The molecule has 0 aliphatic carbocycles. The Morgan fingerprint density at radius 2 is 2.05 bits per heavy atom. The lowest BCUT2D eigenvalue weighted by molar-refractivity contribution is 0.242. The third-order valence-electron chi connectivity index (χ3n) is 3.88. The fourth-order valence-corrected chi connectivity index (χ4v) is 2.56. The maximum atomic E-state index is 9.21. The van der Waals surface area contributed by atoms with E-state index < -0.39 is 0 Å². The van der Waals surface area contributed by atoms with Gasteiger partial charge in [0.25, 0.3) is 0 Å². The molecule has 1 heterocycles. The van der Waals surface area contributed by atoms with Crippen molar-refractivity contribution in [2.45, 2.75) is 45.6 Å². The van der Waals surface area contributed by atoms with Gasteiger partial charge >= 0.3 is 0 Å². The van der Waals surface area contributed by atoms with Crippen molar-refractivity contribution in [3.8, 4) is 0 Å². The summed E-state index contributed by atoms with van der Waals surface area (Å²) in [4.78, 5) is 2.40. The number of nitrogens with zero attached hydrogens (tertiary/aromatic N) is 1. The van der Waals surface area contributed by atoms with Gasteiger partial charge in [-0.05, 0) is 28.5 Å². The molecule has 1 aliphatic heterocycles. The first-order valence-electron chi connectivity index (χ1n) is 7.07. The third kappa shape index (κ3) is 3.60. The minimum absolute atomic E-state index is 0.205. The molecule has 0 atom stereocenters. The summed E-state index contributed by atoms with van der Waals surface area (Å²) in [7, 11) is 0. The number of aliphatic hydroxyl groups is 1. The predicted molar refractivity (Wildman–Crippen MR) is 80.5 cm³/mol. The van der Waals surface area contributed by atoms with Crippen molar-refractivity contribution >= 4 is 0 Å². The Kier molecular flexibility index (Phi) is 4.00. The van der Waals surface area contributed by atoms with Crippen molar-refractivity contribution in [1.82, 2.24) is 4.90 Å². The van der Waals surface area contributed by atoms with Crippen LogP contribution in [0.3, 0.4) is 0 Å². The van der Waals surface area contributed by atoms with Crippen LogP contribution in [0.15, 0.2) is 30.5 Å². The van der Waals surface area contributed by atoms with E-state index in [1.165, 1.54) is 16.7 Å². The van der Waals surface area contributed by atoms with Gasteiger partial charge in [-0.1, -0.05) is 45.5 Å². The Balaban J connectivity index is 2.12. The fourth-order valence-electron chi connectivity index (χ4n) is 2.56. The van der Waals surface area contributed by atoms with E-state index >= 15 is 0 Å². The molecule has 0 bridgehead atoms. The second kappa shape index (κ2) is 5.38. The molecule has 2 heteroatoms. The van der Waals surface area contributed by atoms with Crippen LogP contribution in [0.25, 0.3) is 0 Å². The number of rotatable bonds is 3. The van der Waals surface area contributed by atoms with Crippen molar-refractivity contribution < 1.29 is 5.11 Å². The van der Waals surface area contributed by atoms with Crippen LogP contribution in [-0.2, 0) is 18.4 Å². The van der Waals surface area contributed by atoms with E-state index in [0.717, 1.165) is 26.1 Å². The Bertz CT molecular complexity index is 471. The molecule has 1 aromatic rings. The Morgan fingerprint density at radius 1 is 1.32 bits per heavy atom. The molecule has 0 saturated heterocycles. The topological polar surface area (TPSA) is 23.5 Å². The molecule has 1 aliphatic rings. The summed E-state index contributed by atoms with van der Waals surface area (Å²) in [5.41, 5.74) is 4.53. The van der Waals surface area contributed by atoms with Crippen LogP contribution in [0.4, 0.5) is 0 Å². The van der Waals surface area contributed by atoms with E-state index in [-0.39, 0.29) is 11.2 Å². The first-order chi connectivity index (χ1) is 8.86. The van der Waals surface area contributed by atoms with Gasteiger partial charge in [-0.25, -0.2) is 0 Å². The highest BCUT2D eigenvalue weighted by atomic mass is 16.3. The summed E-state index contributed by atoms with van der Waals surface area (Å²) in [6, 6.07) is 6.91. The smallest absolute Gasteiger partial charge is 0.0863 e. The van der Waals surface area contributed by atoms with E-state index in [9.17, 15) is 5.11 Å². The fraction of sp³-hybridized carbons (Fsp3) is 0.529. The second-order valence-electron chi connectivity index (χ2n) is 6.58. The number of aliphatic hydroxyl groups excluding tert-OH is 1. The molecule has 2 nitrogen and oxygen atoms in total. The van der Waals surface area contributed by atoms with Gasteiger partial charge in [0.1, 0.15) is 0 Å². The van der Waals surface area contributed by atoms with Gasteiger partial charge in [0.2, 0.25) is 0 Å². The largest absolute Gasteiger partial charge is 0.513 e. The van der Waals surface area contributed by atoms with Crippen LogP contribution in [0.1, 0.15) is 43.9 Å². The van der Waals surface area contributed by atoms with Crippen LogP contribution in [0.2, 0.25) is 0 Å². The van der Waals surface area contributed by atoms with Crippen molar-refractivity contribution in [3.63, 3.8) is 0 Å². The lowest BCUT2D eigenvalue weighted by Gasteiger charge is -2.30. The zero-order valence-electron chi connectivity index (χ0n) is 12.4. The zero-order chi connectivity index (χ0) is 14.0. The first kappa shape index (κ1) is 14.1. The Morgan fingerprint density at radius 3 is 2.68 bits per heavy atom. The van der Waals surface area contributed by atoms with Crippen LogP contribution in [0, 0.1) is 0 Å². The second-order valence-corrected chi connectivity index (χ2v) is 6.58. The molecule has 0 aromatic heterocycles. The van der Waals surface area contributed by atoms with Crippen molar-refractivity contribution in [2.75, 3.05) is 13.1 Å². The van der Waals surface area contributed by atoms with E-state index in [1.807, 2.05) is 0 Å². The summed E-state index contributed by atoms with van der Waals surface area (Å²) >= 11 is 0. The number of hydrogen-bond acceptors (Lipinski definition) is 2. The Labute approximate surface area is 116 Å². The third-order valence-corrected chi connectivity index (χ3v) is 3.88. The molecule has 0 radical (unpaired) electrons. The SMILES string of the molecule is C=C(O)CCN1CCc2ccc(C(C)(C)C)cc2C1. The lowest BCUT2D eigenvalue weighted by Crippen LogP contribution is -2.31. The minimum atomic E-state index is 0.205. The van der Waals surface area contributed by atoms with Crippen LogP contribution >= 0.6 is 0 Å². The quantitative estimate of drug-likeness (QED) is 0.835. The normalized spacial score (nSPS) is 16.2. The van der Waals surface area contributed by atoms with Gasteiger partial charge in [-0.15, -0.1) is 0 Å². The van der Waals surface area contributed by atoms with Gasteiger partial charge in [0.05, 0.1) is 5.76 Å². The summed E-state index contributed by atoms with van der Waals surface area (Å²) < 4.78 is 0. The van der Waals surface area contributed by atoms with Gasteiger partial charge < -0.3 is 5.11 Å². The standard InChI is InChI=1S/C17H25NO/c1-13(19)7-9-18-10-8-14-5-6-16(17(2,3)4)11-15(14)12-18/h5-6,11,19H,1,7-10,12H2,2-4H3. The molecule has 104 valence electrons. The molecule has 1 N–H and O–H groups in total. The van der Waals surface area contributed by atoms with Crippen molar-refractivity contribution in [3.05, 3.63) is 47.2 Å². The highest BCUT2D eigenvalue weighted by Gasteiger charge is 2.19. The predicted octanol–water partition coefficient (Wildman–Crippen LogP) is 3.80. The molecular weight excluding hydrogens is 234 g/mol. The first-order valence-corrected chi connectivity index (χ1v) is 7.07. The molecule has 0 amide bonds. The average Bonchev–Trinajstić information content (AvgIpc) is 2.34. The maximum absolute atomic E-state index is 9.21. The van der Waals surface area contributed by atoms with Gasteiger partial charge in [0, 0.05) is 26.1 Å². The zero-order valence-corrected chi connectivity index (χ0v) is 12.4. The summed E-state index contributed by atoms with van der Waals surface area (Å²) in [5.74, 6) is 0.286. The lowest BCUT2D eigenvalue weighted by atomic mass is 9.84. The van der Waals surface area contributed by atoms with E-state index in [1.54, 1.807) is 0 Å². The van der Waals surface area contributed by atoms with Crippen molar-refractivity contribution in [2.24, 2.45) is 0 Å². The minimum Gasteiger partial charge on any atom is -0.513 e. The summed E-state index contributed by atoms with van der Waals surface area (Å²) in [6.07, 6.45) is 1.78. The summed E-state index contributed by atoms with van der Waals surface area (Å²) in [6.45, 7) is 13.3. The van der Waals surface area contributed by atoms with Crippen LogP contribution in [0.5, 0.6) is 0 Å². The van der Waals surface area contributed by atoms with Crippen LogP contribution in [-0.4, -0.2) is 23.1 Å². The molecule has 0 spiro atoms. The molecule has 2 rings (SSSR count). The van der Waals surface area contributed by atoms with Crippen LogP contribution < -0.4 is 0 Å². The molecule has 0 fully saturated rings. The number of fused-ring (bicyclic) bond motifs is 1. The highest BCUT2D eigenvalue weighted by molar-refractivity contribution is 5.36. The van der Waals surface area contributed by atoms with E-state index in [4.69, 9.17) is 0 Å². The van der Waals surface area contributed by atoms with Gasteiger partial charge in [-0.2, -0.15) is 0 Å². The highest BCUT2D eigenvalue weighted by Crippen LogP contribution is 2.27. The van der Waals surface area contributed by atoms with Gasteiger partial charge in [-0.3, -0.25) is 4.90 Å². The molecule has 1 aromatic carbocycles. The van der Waals surface area contributed by atoms with Crippen molar-refractivity contribution in [1.29, 1.82) is 0 Å². The van der Waals surface area contributed by atoms with E-state index in [2.05, 4.69) is 50.4 Å². The molecule has 19 heavy (non-hydrogen) atoms. The van der Waals surface area contributed by atoms with E-state index in [0.29, 0.717) is 6.42 Å². The average molecular weight is 259 g/mol. The van der Waals surface area contributed by atoms with Gasteiger partial charge in [0.15, 0.2) is 0 Å². The monoisotopic (exact) mass is 259 g/mol. The number of hydrogen-bond donors (Lipinski definition) is 1. The molecule has 0 unspecified atom stereocenters. The number of benzene rings is 1.